The first-order valence-corrected chi connectivity index (χ1v) is 7.95. The molecule has 1 atom stereocenters. The SMILES string of the molecule is CC(Nc1cnn(CCN(C)C)c(=O)c1Cl)c1cccs1. The van der Waals surface area contributed by atoms with Gasteiger partial charge >= 0.3 is 0 Å². The Hall–Kier alpha value is -1.37. The van der Waals surface area contributed by atoms with Crippen LogP contribution in [0.2, 0.25) is 5.02 Å². The Kier molecular flexibility index (Phi) is 5.39. The zero-order chi connectivity index (χ0) is 15.4. The van der Waals surface area contributed by atoms with Crippen molar-refractivity contribution in [3.63, 3.8) is 0 Å². The molecule has 7 heteroatoms. The number of likely N-dealkylation sites (N-methyl/N-ethyl adjacent to an activating group) is 1. The van der Waals surface area contributed by atoms with E-state index in [-0.39, 0.29) is 16.6 Å². The molecule has 2 aromatic rings. The molecule has 0 amide bonds. The average molecular weight is 327 g/mol. The van der Waals surface area contributed by atoms with Gasteiger partial charge in [-0.05, 0) is 32.5 Å². The maximum atomic E-state index is 12.2. The Bertz CT molecular complexity index is 639. The normalized spacial score (nSPS) is 12.6. The summed E-state index contributed by atoms with van der Waals surface area (Å²) in [5, 5.41) is 9.62. The lowest BCUT2D eigenvalue weighted by Crippen LogP contribution is -2.29. The van der Waals surface area contributed by atoms with Gasteiger partial charge in [-0.2, -0.15) is 5.10 Å². The molecule has 0 aliphatic heterocycles. The summed E-state index contributed by atoms with van der Waals surface area (Å²) < 4.78 is 1.39. The van der Waals surface area contributed by atoms with E-state index in [1.165, 1.54) is 9.56 Å². The van der Waals surface area contributed by atoms with Crippen LogP contribution < -0.4 is 10.9 Å². The summed E-state index contributed by atoms with van der Waals surface area (Å²) in [5.41, 5.74) is 0.311. The number of anilines is 1. The van der Waals surface area contributed by atoms with E-state index >= 15 is 0 Å². The summed E-state index contributed by atoms with van der Waals surface area (Å²) in [6, 6.07) is 4.13. The summed E-state index contributed by atoms with van der Waals surface area (Å²) in [5.74, 6) is 0. The van der Waals surface area contributed by atoms with Crippen molar-refractivity contribution in [1.82, 2.24) is 14.7 Å². The van der Waals surface area contributed by atoms with Crippen molar-refractivity contribution in [3.8, 4) is 0 Å². The third kappa shape index (κ3) is 4.06. The molecule has 2 rings (SSSR count). The summed E-state index contributed by atoms with van der Waals surface area (Å²) in [6.45, 7) is 3.29. The summed E-state index contributed by atoms with van der Waals surface area (Å²) in [4.78, 5) is 15.4. The van der Waals surface area contributed by atoms with E-state index in [4.69, 9.17) is 11.6 Å². The smallest absolute Gasteiger partial charge is 0.287 e. The van der Waals surface area contributed by atoms with Crippen LogP contribution in [0.15, 0.2) is 28.5 Å². The minimum atomic E-state index is -0.262. The summed E-state index contributed by atoms with van der Waals surface area (Å²) >= 11 is 7.83. The maximum Gasteiger partial charge on any atom is 0.287 e. The second-order valence-electron chi connectivity index (χ2n) is 5.09. The molecule has 0 fully saturated rings. The minimum absolute atomic E-state index is 0.0846. The van der Waals surface area contributed by atoms with Crippen LogP contribution in [-0.4, -0.2) is 35.3 Å². The first-order valence-electron chi connectivity index (χ1n) is 6.69. The van der Waals surface area contributed by atoms with Gasteiger partial charge in [0, 0.05) is 11.4 Å². The van der Waals surface area contributed by atoms with E-state index in [0.29, 0.717) is 12.2 Å². The number of hydrogen-bond donors (Lipinski definition) is 1. The molecule has 0 aliphatic rings. The summed E-state index contributed by atoms with van der Waals surface area (Å²) in [6.07, 6.45) is 1.61. The van der Waals surface area contributed by atoms with Crippen LogP contribution in [0.4, 0.5) is 5.69 Å². The van der Waals surface area contributed by atoms with E-state index < -0.39 is 0 Å². The zero-order valence-electron chi connectivity index (χ0n) is 12.3. The van der Waals surface area contributed by atoms with Crippen molar-refractivity contribution in [3.05, 3.63) is 44.0 Å². The highest BCUT2D eigenvalue weighted by molar-refractivity contribution is 7.10. The van der Waals surface area contributed by atoms with Crippen LogP contribution >= 0.6 is 22.9 Å². The maximum absolute atomic E-state index is 12.2. The van der Waals surface area contributed by atoms with Gasteiger partial charge in [0.05, 0.1) is 24.5 Å². The third-order valence-corrected chi connectivity index (χ3v) is 4.51. The lowest BCUT2D eigenvalue weighted by atomic mass is 10.2. The Morgan fingerprint density at radius 2 is 2.29 bits per heavy atom. The fourth-order valence-corrected chi connectivity index (χ4v) is 2.80. The monoisotopic (exact) mass is 326 g/mol. The molecule has 114 valence electrons. The van der Waals surface area contributed by atoms with Crippen LogP contribution in [0.3, 0.4) is 0 Å². The molecule has 0 radical (unpaired) electrons. The number of rotatable bonds is 6. The topological polar surface area (TPSA) is 50.2 Å². The van der Waals surface area contributed by atoms with Crippen LogP contribution in [-0.2, 0) is 6.54 Å². The number of nitrogens with zero attached hydrogens (tertiary/aromatic N) is 3. The van der Waals surface area contributed by atoms with E-state index in [1.54, 1.807) is 17.5 Å². The van der Waals surface area contributed by atoms with E-state index in [9.17, 15) is 4.79 Å². The standard InChI is InChI=1S/C14H19ClN4OS/c1-10(12-5-4-8-21-12)17-11-9-16-19(7-6-18(2)3)14(20)13(11)15/h4-5,8-10,17H,6-7H2,1-3H3. The van der Waals surface area contributed by atoms with Gasteiger partial charge in [-0.25, -0.2) is 4.68 Å². The van der Waals surface area contributed by atoms with Gasteiger partial charge in [0.15, 0.2) is 0 Å². The first kappa shape index (κ1) is 16.0. The lowest BCUT2D eigenvalue weighted by molar-refractivity contribution is 0.367. The zero-order valence-corrected chi connectivity index (χ0v) is 13.9. The Balaban J connectivity index is 2.15. The highest BCUT2D eigenvalue weighted by atomic mass is 35.5. The van der Waals surface area contributed by atoms with Gasteiger partial charge in [-0.1, -0.05) is 17.7 Å². The number of hydrogen-bond acceptors (Lipinski definition) is 5. The Morgan fingerprint density at radius 3 is 2.90 bits per heavy atom. The summed E-state index contributed by atoms with van der Waals surface area (Å²) in [7, 11) is 3.90. The van der Waals surface area contributed by atoms with Gasteiger partial charge in [0.25, 0.3) is 5.56 Å². The van der Waals surface area contributed by atoms with Gasteiger partial charge in [0.2, 0.25) is 0 Å². The average Bonchev–Trinajstić information content (AvgIpc) is 2.97. The van der Waals surface area contributed by atoms with Gasteiger partial charge in [0.1, 0.15) is 5.02 Å². The molecule has 0 spiro atoms. The number of nitrogens with one attached hydrogen (secondary N) is 1. The molecule has 5 nitrogen and oxygen atoms in total. The minimum Gasteiger partial charge on any atom is -0.375 e. The van der Waals surface area contributed by atoms with Crippen molar-refractivity contribution in [2.24, 2.45) is 0 Å². The lowest BCUT2D eigenvalue weighted by Gasteiger charge is -2.16. The predicted octanol–water partition coefficient (Wildman–Crippen LogP) is 2.69. The largest absolute Gasteiger partial charge is 0.375 e. The van der Waals surface area contributed by atoms with Gasteiger partial charge in [-0.3, -0.25) is 4.79 Å². The quantitative estimate of drug-likeness (QED) is 0.886. The number of aromatic nitrogens is 2. The third-order valence-electron chi connectivity index (χ3n) is 3.09. The van der Waals surface area contributed by atoms with Gasteiger partial charge in [-0.15, -0.1) is 11.3 Å². The molecular formula is C14H19ClN4OS. The van der Waals surface area contributed by atoms with Gasteiger partial charge < -0.3 is 10.2 Å². The molecule has 0 aromatic carbocycles. The van der Waals surface area contributed by atoms with Crippen LogP contribution in [0.1, 0.15) is 17.8 Å². The molecular weight excluding hydrogens is 308 g/mol. The van der Waals surface area contributed by atoms with Crippen molar-refractivity contribution in [2.45, 2.75) is 19.5 Å². The Morgan fingerprint density at radius 1 is 1.52 bits per heavy atom. The highest BCUT2D eigenvalue weighted by Gasteiger charge is 2.13. The highest BCUT2D eigenvalue weighted by Crippen LogP contribution is 2.25. The van der Waals surface area contributed by atoms with E-state index in [1.807, 2.05) is 43.4 Å². The molecule has 21 heavy (non-hydrogen) atoms. The van der Waals surface area contributed by atoms with Crippen molar-refractivity contribution >= 4 is 28.6 Å². The first-order chi connectivity index (χ1) is 9.99. The number of thiophene rings is 1. The second-order valence-corrected chi connectivity index (χ2v) is 6.44. The van der Waals surface area contributed by atoms with Crippen LogP contribution in [0.25, 0.3) is 0 Å². The fraction of sp³-hybridized carbons (Fsp3) is 0.429. The van der Waals surface area contributed by atoms with E-state index in [0.717, 1.165) is 6.54 Å². The van der Waals surface area contributed by atoms with Crippen LogP contribution in [0, 0.1) is 0 Å². The van der Waals surface area contributed by atoms with Crippen LogP contribution in [0.5, 0.6) is 0 Å². The van der Waals surface area contributed by atoms with Crippen molar-refractivity contribution < 1.29 is 0 Å². The van der Waals surface area contributed by atoms with Crippen molar-refractivity contribution in [2.75, 3.05) is 26.0 Å². The molecule has 2 aromatic heterocycles. The fourth-order valence-electron chi connectivity index (χ4n) is 1.86. The Labute approximate surface area is 133 Å². The molecule has 0 saturated heterocycles. The molecule has 0 aliphatic carbocycles. The molecule has 0 bridgehead atoms. The molecule has 0 saturated carbocycles. The molecule has 2 heterocycles. The molecule has 1 N–H and O–H groups in total. The second kappa shape index (κ2) is 7.06. The molecule has 1 unspecified atom stereocenters. The van der Waals surface area contributed by atoms with Crippen molar-refractivity contribution in [1.29, 1.82) is 0 Å². The predicted molar refractivity (Wildman–Crippen MR) is 88.4 cm³/mol. The number of halogens is 1. The van der Waals surface area contributed by atoms with E-state index in [2.05, 4.69) is 10.4 Å².